The molecule has 1 N–H and O–H groups in total. The molecule has 0 aromatic heterocycles. The molecule has 0 unspecified atom stereocenters. The number of carbonyl (C=O) groups is 2. The lowest BCUT2D eigenvalue weighted by Crippen LogP contribution is -2.56. The summed E-state index contributed by atoms with van der Waals surface area (Å²) < 4.78 is 18.3. The average Bonchev–Trinajstić information content (AvgIpc) is 2.59. The molecule has 4 aliphatic carbocycles. The molecule has 0 radical (unpaired) electrons. The van der Waals surface area contributed by atoms with Crippen LogP contribution in [0.3, 0.4) is 0 Å². The van der Waals surface area contributed by atoms with Gasteiger partial charge in [0.15, 0.2) is 6.61 Å². The molecular weight excluding hydrogens is 345 g/mol. The molecule has 1 aromatic carbocycles. The van der Waals surface area contributed by atoms with Crippen LogP contribution in [0.4, 0.5) is 4.39 Å². The topological polar surface area (TPSA) is 55.4 Å². The fourth-order valence-corrected chi connectivity index (χ4v) is 6.15. The molecule has 27 heavy (non-hydrogen) atoms. The molecule has 5 heteroatoms. The van der Waals surface area contributed by atoms with Crippen molar-refractivity contribution in [1.29, 1.82) is 0 Å². The van der Waals surface area contributed by atoms with Crippen molar-refractivity contribution < 1.29 is 18.7 Å². The van der Waals surface area contributed by atoms with Crippen molar-refractivity contribution in [2.75, 3.05) is 6.61 Å². The first-order chi connectivity index (χ1) is 12.9. The third kappa shape index (κ3) is 4.02. The molecule has 4 nitrogen and oxygen atoms in total. The summed E-state index contributed by atoms with van der Waals surface area (Å²) in [6.45, 7) is 1.84. The van der Waals surface area contributed by atoms with Crippen LogP contribution in [-0.2, 0) is 20.7 Å². The first-order valence-corrected chi connectivity index (χ1v) is 10.1. The maximum Gasteiger partial charge on any atom is 0.310 e. The molecule has 4 aliphatic rings. The summed E-state index contributed by atoms with van der Waals surface area (Å²) in [7, 11) is 0. The second-order valence-corrected chi connectivity index (χ2v) is 9.04. The van der Waals surface area contributed by atoms with Crippen LogP contribution < -0.4 is 5.32 Å². The number of nitrogens with one attached hydrogen (secondary N) is 1. The lowest BCUT2D eigenvalue weighted by atomic mass is 9.48. The van der Waals surface area contributed by atoms with Crippen LogP contribution in [0.25, 0.3) is 0 Å². The fourth-order valence-electron chi connectivity index (χ4n) is 6.15. The Kier molecular flexibility index (Phi) is 4.95. The third-order valence-corrected chi connectivity index (χ3v) is 6.98. The van der Waals surface area contributed by atoms with Crippen molar-refractivity contribution in [3.8, 4) is 0 Å². The summed E-state index contributed by atoms with van der Waals surface area (Å²) in [6, 6.07) is 5.96. The van der Waals surface area contributed by atoms with E-state index in [0.717, 1.165) is 17.8 Å². The van der Waals surface area contributed by atoms with Gasteiger partial charge in [0, 0.05) is 6.04 Å². The normalized spacial score (nSPS) is 32.1. The molecule has 146 valence electrons. The number of esters is 1. The van der Waals surface area contributed by atoms with Gasteiger partial charge in [0.25, 0.3) is 5.91 Å². The minimum absolute atomic E-state index is 0.0322. The maximum atomic E-state index is 13.2. The lowest BCUT2D eigenvalue weighted by Gasteiger charge is -2.59. The van der Waals surface area contributed by atoms with E-state index in [4.69, 9.17) is 4.74 Å². The Morgan fingerprint density at radius 1 is 1.19 bits per heavy atom. The number of ether oxygens (including phenoxy) is 1. The van der Waals surface area contributed by atoms with Gasteiger partial charge >= 0.3 is 5.97 Å². The highest BCUT2D eigenvalue weighted by Gasteiger charge is 2.53. The van der Waals surface area contributed by atoms with Crippen LogP contribution in [0.2, 0.25) is 0 Å². The van der Waals surface area contributed by atoms with Gasteiger partial charge in [-0.15, -0.1) is 0 Å². The molecule has 0 heterocycles. The number of hydrogen-bond acceptors (Lipinski definition) is 3. The highest BCUT2D eigenvalue weighted by atomic mass is 19.1. The van der Waals surface area contributed by atoms with Crippen molar-refractivity contribution in [2.45, 2.75) is 57.9 Å². The van der Waals surface area contributed by atoms with Crippen LogP contribution in [0, 0.1) is 29.0 Å². The Balaban J connectivity index is 1.26. The highest BCUT2D eigenvalue weighted by molar-refractivity contribution is 5.81. The van der Waals surface area contributed by atoms with Gasteiger partial charge in [-0.3, -0.25) is 9.59 Å². The monoisotopic (exact) mass is 373 g/mol. The summed E-state index contributed by atoms with van der Waals surface area (Å²) in [6.07, 6.45) is 7.75. The zero-order valence-corrected chi connectivity index (χ0v) is 15.9. The second kappa shape index (κ2) is 7.25. The van der Waals surface area contributed by atoms with Gasteiger partial charge in [-0.1, -0.05) is 12.1 Å². The van der Waals surface area contributed by atoms with E-state index in [1.807, 2.05) is 0 Å². The predicted molar refractivity (Wildman–Crippen MR) is 99.3 cm³/mol. The van der Waals surface area contributed by atoms with E-state index < -0.39 is 5.97 Å². The van der Waals surface area contributed by atoms with Crippen LogP contribution in [-0.4, -0.2) is 24.5 Å². The van der Waals surface area contributed by atoms with E-state index in [2.05, 4.69) is 12.2 Å². The molecule has 4 saturated carbocycles. The van der Waals surface area contributed by atoms with Gasteiger partial charge in [0.05, 0.1) is 6.42 Å². The van der Waals surface area contributed by atoms with E-state index in [9.17, 15) is 14.0 Å². The van der Waals surface area contributed by atoms with Crippen LogP contribution in [0.5, 0.6) is 0 Å². The summed E-state index contributed by atoms with van der Waals surface area (Å²) in [4.78, 5) is 24.2. The predicted octanol–water partition coefficient (Wildman–Crippen LogP) is 3.63. The van der Waals surface area contributed by atoms with Gasteiger partial charge in [-0.25, -0.2) is 4.39 Å². The van der Waals surface area contributed by atoms with Crippen molar-refractivity contribution in [1.82, 2.24) is 5.32 Å². The number of benzene rings is 1. The highest BCUT2D eigenvalue weighted by Crippen LogP contribution is 2.61. The quantitative estimate of drug-likeness (QED) is 0.775. The minimum Gasteiger partial charge on any atom is -0.455 e. The molecule has 1 amide bonds. The number of halogens is 1. The summed E-state index contributed by atoms with van der Waals surface area (Å²) in [5, 5.41) is 3.09. The Labute approximate surface area is 159 Å². The van der Waals surface area contributed by atoms with Crippen LogP contribution in [0.1, 0.15) is 51.0 Å². The van der Waals surface area contributed by atoms with Gasteiger partial charge in [0.1, 0.15) is 5.82 Å². The van der Waals surface area contributed by atoms with Crippen molar-refractivity contribution in [3.05, 3.63) is 35.6 Å². The standard InChI is InChI=1S/C22H28FNO3/c1-14(22-10-16-5-17(11-22)7-18(6-16)12-22)24-20(25)13-27-21(26)9-15-3-2-4-19(23)8-15/h2-4,8,14,16-18H,5-7,9-13H2,1H3,(H,24,25)/t14-,16?,17?,18?,22?/m0/s1. The molecule has 1 aromatic rings. The second-order valence-electron chi connectivity index (χ2n) is 9.04. The minimum atomic E-state index is -0.516. The molecule has 5 rings (SSSR count). The maximum absolute atomic E-state index is 13.2. The van der Waals surface area contributed by atoms with Crippen molar-refractivity contribution in [2.24, 2.45) is 23.2 Å². The Morgan fingerprint density at radius 3 is 2.41 bits per heavy atom. The molecule has 4 fully saturated rings. The molecule has 4 bridgehead atoms. The number of amides is 1. The van der Waals surface area contributed by atoms with Crippen LogP contribution >= 0.6 is 0 Å². The van der Waals surface area contributed by atoms with E-state index in [1.165, 1.54) is 50.7 Å². The number of rotatable bonds is 6. The molecule has 0 aliphatic heterocycles. The van der Waals surface area contributed by atoms with Crippen LogP contribution in [0.15, 0.2) is 24.3 Å². The zero-order valence-electron chi connectivity index (χ0n) is 15.9. The van der Waals surface area contributed by atoms with Crippen molar-refractivity contribution in [3.63, 3.8) is 0 Å². The SMILES string of the molecule is C[C@H](NC(=O)COC(=O)Cc1cccc(F)c1)C12CC3CC(CC(C3)C1)C2. The van der Waals surface area contributed by atoms with E-state index in [0.29, 0.717) is 5.56 Å². The summed E-state index contributed by atoms with van der Waals surface area (Å²) in [5.74, 6) is 1.35. The lowest BCUT2D eigenvalue weighted by molar-refractivity contribution is -0.148. The Morgan fingerprint density at radius 2 is 1.81 bits per heavy atom. The average molecular weight is 373 g/mol. The molecule has 1 atom stereocenters. The van der Waals surface area contributed by atoms with E-state index >= 15 is 0 Å². The van der Waals surface area contributed by atoms with Gasteiger partial charge in [-0.05, 0) is 86.3 Å². The first kappa shape index (κ1) is 18.5. The fraction of sp³-hybridized carbons (Fsp3) is 0.636. The molecule has 0 spiro atoms. The van der Waals surface area contributed by atoms with Gasteiger partial charge in [0.2, 0.25) is 0 Å². The Bertz CT molecular complexity index is 697. The number of hydrogen-bond donors (Lipinski definition) is 1. The number of carbonyl (C=O) groups excluding carboxylic acids is 2. The first-order valence-electron chi connectivity index (χ1n) is 10.1. The van der Waals surface area contributed by atoms with Crippen molar-refractivity contribution >= 4 is 11.9 Å². The molecular formula is C22H28FNO3. The summed E-state index contributed by atoms with van der Waals surface area (Å²) >= 11 is 0. The van der Waals surface area contributed by atoms with E-state index in [-0.39, 0.29) is 36.2 Å². The zero-order chi connectivity index (χ0) is 19.0. The Hall–Kier alpha value is -1.91. The van der Waals surface area contributed by atoms with E-state index in [1.54, 1.807) is 12.1 Å². The third-order valence-electron chi connectivity index (χ3n) is 6.98. The largest absolute Gasteiger partial charge is 0.455 e. The van der Waals surface area contributed by atoms with Gasteiger partial charge in [-0.2, -0.15) is 0 Å². The summed E-state index contributed by atoms with van der Waals surface area (Å²) in [5.41, 5.74) is 0.776. The molecule has 0 saturated heterocycles. The van der Waals surface area contributed by atoms with Gasteiger partial charge < -0.3 is 10.1 Å². The smallest absolute Gasteiger partial charge is 0.310 e.